The molecule has 1 aliphatic heterocycles. The number of aliphatic hydroxyl groups excluding tert-OH is 1. The van der Waals surface area contributed by atoms with Crippen LogP contribution in [0, 0.1) is 29.1 Å². The van der Waals surface area contributed by atoms with Crippen molar-refractivity contribution in [3.63, 3.8) is 0 Å². The topological polar surface area (TPSA) is 111 Å². The van der Waals surface area contributed by atoms with Crippen molar-refractivity contribution in [1.82, 2.24) is 25.5 Å². The second-order valence-corrected chi connectivity index (χ2v) is 12.2. The van der Waals surface area contributed by atoms with E-state index in [1.54, 1.807) is 29.9 Å². The molecule has 1 aliphatic rings. The maximum absolute atomic E-state index is 14.1. The molecular formula is C34H28F5N5O4S. The van der Waals surface area contributed by atoms with Gasteiger partial charge in [-0.1, -0.05) is 72.4 Å². The summed E-state index contributed by atoms with van der Waals surface area (Å²) in [6, 6.07) is 21.9. The van der Waals surface area contributed by atoms with E-state index in [2.05, 4.69) is 20.8 Å². The van der Waals surface area contributed by atoms with Crippen LogP contribution in [0.3, 0.4) is 0 Å². The third-order valence-electron chi connectivity index (χ3n) is 7.90. The van der Waals surface area contributed by atoms with Crippen LogP contribution >= 0.6 is 11.8 Å². The standard InChI is InChI=1S/C34H28F5N5O4S/c1-44-34(41-42-43-44)49-17-24-14-25(20-10-8-18(16-45)9-11-20)48-33(47-24)23-7-3-6-22(13-23)21-5-2-4-19(12-21)15-40-32(46)26-27(35)29(37)31(39)30(38)28(26)36/h2-13,24-25,33,45H,14-17H2,1H3,(H,40,46). The average molecular weight is 698 g/mol. The number of aromatic nitrogens is 4. The highest BCUT2D eigenvalue weighted by Gasteiger charge is 2.33. The van der Waals surface area contributed by atoms with Crippen molar-refractivity contribution in [2.24, 2.45) is 7.05 Å². The number of nitrogens with zero attached hydrogens (tertiary/aromatic N) is 4. The van der Waals surface area contributed by atoms with Gasteiger partial charge in [0.25, 0.3) is 5.91 Å². The van der Waals surface area contributed by atoms with E-state index in [0.29, 0.717) is 22.9 Å². The first-order valence-corrected chi connectivity index (χ1v) is 16.0. The molecular weight excluding hydrogens is 669 g/mol. The molecule has 15 heteroatoms. The molecule has 3 unspecified atom stereocenters. The van der Waals surface area contributed by atoms with Gasteiger partial charge in [0, 0.05) is 31.3 Å². The number of aliphatic hydroxyl groups is 1. The van der Waals surface area contributed by atoms with Crippen LogP contribution in [-0.2, 0) is 29.7 Å². The van der Waals surface area contributed by atoms with Crippen LogP contribution in [0.5, 0.6) is 0 Å². The van der Waals surface area contributed by atoms with Gasteiger partial charge in [0.1, 0.15) is 5.56 Å². The van der Waals surface area contributed by atoms with Crippen molar-refractivity contribution >= 4 is 17.7 Å². The highest BCUT2D eigenvalue weighted by atomic mass is 32.2. The Bertz CT molecular complexity index is 1950. The van der Waals surface area contributed by atoms with Crippen LogP contribution in [0.1, 0.15) is 51.4 Å². The zero-order chi connectivity index (χ0) is 34.7. The molecule has 1 saturated heterocycles. The maximum Gasteiger partial charge on any atom is 0.257 e. The third kappa shape index (κ3) is 7.49. The van der Waals surface area contributed by atoms with Crippen LogP contribution < -0.4 is 5.32 Å². The molecule has 254 valence electrons. The highest BCUT2D eigenvalue weighted by Crippen LogP contribution is 2.40. The molecule has 49 heavy (non-hydrogen) atoms. The maximum atomic E-state index is 14.1. The minimum absolute atomic E-state index is 0.0752. The molecule has 1 amide bonds. The zero-order valence-electron chi connectivity index (χ0n) is 25.7. The number of rotatable bonds is 10. The van der Waals surface area contributed by atoms with Crippen LogP contribution in [0.25, 0.3) is 11.1 Å². The first-order chi connectivity index (χ1) is 23.6. The van der Waals surface area contributed by atoms with Gasteiger partial charge in [-0.3, -0.25) is 4.79 Å². The van der Waals surface area contributed by atoms with Gasteiger partial charge < -0.3 is 19.9 Å². The number of aryl methyl sites for hydroxylation is 1. The summed E-state index contributed by atoms with van der Waals surface area (Å²) in [4.78, 5) is 12.5. The molecule has 1 aromatic heterocycles. The number of carbonyl (C=O) groups excluding carboxylic acids is 1. The number of hydrogen-bond donors (Lipinski definition) is 2. The molecule has 0 radical (unpaired) electrons. The van der Waals surface area contributed by atoms with E-state index in [1.807, 2.05) is 54.6 Å². The van der Waals surface area contributed by atoms with Gasteiger partial charge in [0.2, 0.25) is 11.0 Å². The predicted molar refractivity (Wildman–Crippen MR) is 167 cm³/mol. The molecule has 0 aliphatic carbocycles. The van der Waals surface area contributed by atoms with Crippen LogP contribution in [-0.4, -0.2) is 43.1 Å². The molecule has 6 rings (SSSR count). The second kappa shape index (κ2) is 14.8. The van der Waals surface area contributed by atoms with E-state index in [0.717, 1.165) is 27.8 Å². The third-order valence-corrected chi connectivity index (χ3v) is 9.05. The largest absolute Gasteiger partial charge is 0.392 e. The predicted octanol–water partition coefficient (Wildman–Crippen LogP) is 6.33. The lowest BCUT2D eigenvalue weighted by Gasteiger charge is -2.36. The van der Waals surface area contributed by atoms with Gasteiger partial charge in [-0.25, -0.2) is 26.6 Å². The first kappa shape index (κ1) is 34.2. The fourth-order valence-corrected chi connectivity index (χ4v) is 6.20. The average Bonchev–Trinajstić information content (AvgIpc) is 3.55. The summed E-state index contributed by atoms with van der Waals surface area (Å²) in [6.07, 6.45) is -0.742. The Labute approximate surface area is 281 Å². The number of hydrogen-bond acceptors (Lipinski definition) is 8. The van der Waals surface area contributed by atoms with Crippen LogP contribution in [0.2, 0.25) is 0 Å². The quantitative estimate of drug-likeness (QED) is 0.0754. The lowest BCUT2D eigenvalue weighted by atomic mass is 9.99. The molecule has 2 N–H and O–H groups in total. The van der Waals surface area contributed by atoms with Crippen molar-refractivity contribution in [1.29, 1.82) is 0 Å². The lowest BCUT2D eigenvalue weighted by Crippen LogP contribution is -2.31. The number of carbonyl (C=O) groups is 1. The van der Waals surface area contributed by atoms with Crippen molar-refractivity contribution < 1.29 is 41.3 Å². The number of amides is 1. The van der Waals surface area contributed by atoms with Gasteiger partial charge in [-0.15, -0.1) is 5.10 Å². The van der Waals surface area contributed by atoms with E-state index >= 15 is 0 Å². The van der Waals surface area contributed by atoms with Gasteiger partial charge in [-0.05, 0) is 50.4 Å². The van der Waals surface area contributed by atoms with E-state index in [9.17, 15) is 31.9 Å². The SMILES string of the molecule is Cn1nnnc1SCC1CC(c2ccc(CO)cc2)OC(c2cccc(-c3cccc(CNC(=O)c4c(F)c(F)c(F)c(F)c4F)c3)c2)O1. The fraction of sp³-hybridized carbons (Fsp3) is 0.235. The summed E-state index contributed by atoms with van der Waals surface area (Å²) in [7, 11) is 1.75. The van der Waals surface area contributed by atoms with Gasteiger partial charge >= 0.3 is 0 Å². The van der Waals surface area contributed by atoms with Crippen LogP contribution in [0.4, 0.5) is 22.0 Å². The van der Waals surface area contributed by atoms with E-state index in [1.165, 1.54) is 11.8 Å². The Morgan fingerprint density at radius 3 is 2.22 bits per heavy atom. The van der Waals surface area contributed by atoms with Gasteiger partial charge in [0.15, 0.2) is 29.6 Å². The summed E-state index contributed by atoms with van der Waals surface area (Å²) in [5, 5.41) is 23.9. The Hall–Kier alpha value is -4.70. The van der Waals surface area contributed by atoms with Gasteiger partial charge in [0.05, 0.1) is 18.8 Å². The van der Waals surface area contributed by atoms with E-state index < -0.39 is 46.8 Å². The summed E-state index contributed by atoms with van der Waals surface area (Å²) < 4.78 is 83.4. The highest BCUT2D eigenvalue weighted by molar-refractivity contribution is 7.99. The summed E-state index contributed by atoms with van der Waals surface area (Å²) in [5.74, 6) is -12.0. The molecule has 9 nitrogen and oxygen atoms in total. The monoisotopic (exact) mass is 697 g/mol. The minimum Gasteiger partial charge on any atom is -0.392 e. The molecule has 3 atom stereocenters. The number of halogens is 5. The van der Waals surface area contributed by atoms with Crippen LogP contribution in [0.15, 0.2) is 78.0 Å². The van der Waals surface area contributed by atoms with E-state index in [4.69, 9.17) is 9.47 Å². The van der Waals surface area contributed by atoms with Crippen molar-refractivity contribution in [2.75, 3.05) is 5.75 Å². The molecule has 1 fully saturated rings. The van der Waals surface area contributed by atoms with Crippen molar-refractivity contribution in [3.05, 3.63) is 130 Å². The molecule has 0 spiro atoms. The molecule has 2 heterocycles. The number of ether oxygens (including phenoxy) is 2. The Morgan fingerprint density at radius 2 is 1.55 bits per heavy atom. The first-order valence-electron chi connectivity index (χ1n) is 15.0. The fourth-order valence-electron chi connectivity index (χ4n) is 5.33. The Kier molecular flexibility index (Phi) is 10.3. The molecule has 0 bridgehead atoms. The second-order valence-electron chi connectivity index (χ2n) is 11.2. The zero-order valence-corrected chi connectivity index (χ0v) is 26.6. The van der Waals surface area contributed by atoms with Crippen molar-refractivity contribution in [3.8, 4) is 11.1 Å². The number of nitrogens with one attached hydrogen (secondary N) is 1. The molecule has 4 aromatic carbocycles. The van der Waals surface area contributed by atoms with Gasteiger partial charge in [-0.2, -0.15) is 0 Å². The lowest BCUT2D eigenvalue weighted by molar-refractivity contribution is -0.245. The summed E-state index contributed by atoms with van der Waals surface area (Å²) in [6.45, 7) is -0.327. The molecule has 0 saturated carbocycles. The Morgan fingerprint density at radius 1 is 0.878 bits per heavy atom. The minimum atomic E-state index is -2.34. The summed E-state index contributed by atoms with van der Waals surface area (Å²) >= 11 is 1.46. The number of benzene rings is 4. The smallest absolute Gasteiger partial charge is 0.257 e. The Balaban J connectivity index is 1.20. The molecule has 5 aromatic rings. The normalized spacial score (nSPS) is 17.7. The number of thioether (sulfide) groups is 1. The summed E-state index contributed by atoms with van der Waals surface area (Å²) in [5.41, 5.74) is 2.88. The number of tetrazole rings is 1. The van der Waals surface area contributed by atoms with Crippen molar-refractivity contribution in [2.45, 2.75) is 43.2 Å². The van der Waals surface area contributed by atoms with E-state index in [-0.39, 0.29) is 25.4 Å².